The van der Waals surface area contributed by atoms with E-state index >= 15 is 0 Å². The highest BCUT2D eigenvalue weighted by Gasteiger charge is 2.22. The summed E-state index contributed by atoms with van der Waals surface area (Å²) in [5.41, 5.74) is 12.0. The van der Waals surface area contributed by atoms with Gasteiger partial charge in [0.15, 0.2) is 0 Å². The Balaban J connectivity index is 3.76. The van der Waals surface area contributed by atoms with Crippen LogP contribution in [-0.4, -0.2) is 31.5 Å². The van der Waals surface area contributed by atoms with E-state index < -0.39 is 6.16 Å². The normalized spacial score (nSPS) is 15.6. The van der Waals surface area contributed by atoms with Crippen LogP contribution in [0.1, 0.15) is 54.4 Å². The number of carbonyl (C=O) groups is 1. The van der Waals surface area contributed by atoms with Gasteiger partial charge >= 0.3 is 6.16 Å². The maximum atomic E-state index is 11.4. The van der Waals surface area contributed by atoms with Crippen molar-refractivity contribution in [2.45, 2.75) is 66.5 Å². The fourth-order valence-electron chi connectivity index (χ4n) is 1.45. The molecular weight excluding hydrogens is 256 g/mol. The first-order valence-electron chi connectivity index (χ1n) is 7.25. The van der Waals surface area contributed by atoms with E-state index in [-0.39, 0.29) is 36.1 Å². The van der Waals surface area contributed by atoms with Gasteiger partial charge in [-0.25, -0.2) is 4.79 Å². The molecule has 0 spiro atoms. The Bertz CT molecular complexity index is 264. The van der Waals surface area contributed by atoms with Crippen LogP contribution < -0.4 is 11.5 Å². The van der Waals surface area contributed by atoms with Gasteiger partial charge < -0.3 is 20.9 Å². The third-order valence-electron chi connectivity index (χ3n) is 3.52. The first-order valence-corrected chi connectivity index (χ1v) is 7.25. The van der Waals surface area contributed by atoms with Gasteiger partial charge in [-0.1, -0.05) is 41.5 Å². The van der Waals surface area contributed by atoms with Crippen LogP contribution in [0.2, 0.25) is 0 Å². The summed E-state index contributed by atoms with van der Waals surface area (Å²) < 4.78 is 9.99. The minimum Gasteiger partial charge on any atom is -0.434 e. The number of carbonyl (C=O) groups excluding carboxylic acids is 1. The van der Waals surface area contributed by atoms with E-state index in [4.69, 9.17) is 20.9 Å². The summed E-state index contributed by atoms with van der Waals surface area (Å²) in [6.07, 6.45) is 0.604. The van der Waals surface area contributed by atoms with E-state index in [1.807, 2.05) is 0 Å². The Kier molecular flexibility index (Phi) is 7.52. The molecule has 0 rings (SSSR count). The van der Waals surface area contributed by atoms with Crippen molar-refractivity contribution in [3.63, 3.8) is 0 Å². The van der Waals surface area contributed by atoms with Crippen LogP contribution in [0.4, 0.5) is 4.79 Å². The number of hydrogen-bond acceptors (Lipinski definition) is 5. The van der Waals surface area contributed by atoms with Crippen LogP contribution in [0.25, 0.3) is 0 Å². The molecule has 0 heterocycles. The third kappa shape index (κ3) is 8.38. The first-order chi connectivity index (χ1) is 8.94. The van der Waals surface area contributed by atoms with Crippen molar-refractivity contribution in [3.05, 3.63) is 0 Å². The fraction of sp³-hybridized carbons (Fsp3) is 0.933. The smallest absolute Gasteiger partial charge is 0.434 e. The molecule has 0 saturated heterocycles. The Labute approximate surface area is 123 Å². The van der Waals surface area contributed by atoms with Crippen LogP contribution in [-0.2, 0) is 9.47 Å². The van der Waals surface area contributed by atoms with Crippen LogP contribution in [0.5, 0.6) is 0 Å². The van der Waals surface area contributed by atoms with Gasteiger partial charge in [-0.2, -0.15) is 0 Å². The maximum Gasteiger partial charge on any atom is 0.508 e. The SMILES string of the molecule is CC(C)(C)C(N)CCOC(=O)OCCC(N)C(C)(C)C. The topological polar surface area (TPSA) is 87.6 Å². The summed E-state index contributed by atoms with van der Waals surface area (Å²) in [6.45, 7) is 12.9. The van der Waals surface area contributed by atoms with E-state index in [1.54, 1.807) is 0 Å². The van der Waals surface area contributed by atoms with Gasteiger partial charge in [-0.05, 0) is 23.7 Å². The van der Waals surface area contributed by atoms with Crippen LogP contribution in [0.3, 0.4) is 0 Å². The zero-order valence-electron chi connectivity index (χ0n) is 13.9. The lowest BCUT2D eigenvalue weighted by Crippen LogP contribution is -2.36. The Morgan fingerprint density at radius 1 is 0.850 bits per heavy atom. The number of ether oxygens (including phenoxy) is 2. The molecule has 0 aromatic carbocycles. The minimum atomic E-state index is -0.646. The summed E-state index contributed by atoms with van der Waals surface area (Å²) in [7, 11) is 0. The second kappa shape index (κ2) is 7.84. The largest absolute Gasteiger partial charge is 0.508 e. The standard InChI is InChI=1S/C15H32N2O3/c1-14(2,3)11(16)7-9-19-13(18)20-10-8-12(17)15(4,5)6/h11-12H,7-10,16-17H2,1-6H3. The monoisotopic (exact) mass is 288 g/mol. The Morgan fingerprint density at radius 3 is 1.40 bits per heavy atom. The molecule has 0 aromatic heterocycles. The highest BCUT2D eigenvalue weighted by molar-refractivity contribution is 5.59. The number of nitrogens with two attached hydrogens (primary N) is 2. The molecule has 0 fully saturated rings. The molecule has 120 valence electrons. The number of rotatable bonds is 6. The molecule has 0 saturated carbocycles. The lowest BCUT2D eigenvalue weighted by Gasteiger charge is -2.27. The lowest BCUT2D eigenvalue weighted by molar-refractivity contribution is 0.0466. The molecule has 5 nitrogen and oxygen atoms in total. The molecule has 0 aromatic rings. The molecule has 0 aliphatic heterocycles. The Morgan fingerprint density at radius 2 is 1.15 bits per heavy atom. The predicted octanol–water partition coefficient (Wildman–Crippen LogP) is 2.67. The van der Waals surface area contributed by atoms with Gasteiger partial charge in [0.2, 0.25) is 0 Å². The quantitative estimate of drug-likeness (QED) is 0.734. The van der Waals surface area contributed by atoms with Crippen molar-refractivity contribution in [2.24, 2.45) is 22.3 Å². The molecule has 0 amide bonds. The molecule has 0 aliphatic carbocycles. The van der Waals surface area contributed by atoms with Gasteiger partial charge in [0, 0.05) is 12.1 Å². The van der Waals surface area contributed by atoms with Gasteiger partial charge in [0.25, 0.3) is 0 Å². The predicted molar refractivity (Wildman–Crippen MR) is 81.4 cm³/mol. The zero-order chi connectivity index (χ0) is 16.0. The van der Waals surface area contributed by atoms with Crippen molar-refractivity contribution in [1.82, 2.24) is 0 Å². The molecule has 0 bridgehead atoms. The van der Waals surface area contributed by atoms with E-state index in [0.29, 0.717) is 12.8 Å². The second-order valence-corrected chi connectivity index (χ2v) is 7.47. The maximum absolute atomic E-state index is 11.4. The van der Waals surface area contributed by atoms with E-state index in [0.717, 1.165) is 0 Å². The van der Waals surface area contributed by atoms with Gasteiger partial charge in [0.1, 0.15) is 0 Å². The summed E-state index contributed by atoms with van der Waals surface area (Å²) in [5.74, 6) is 0. The minimum absolute atomic E-state index is 0.00669. The molecule has 4 N–H and O–H groups in total. The average molecular weight is 288 g/mol. The lowest BCUT2D eigenvalue weighted by atomic mass is 9.86. The number of hydrogen-bond donors (Lipinski definition) is 2. The van der Waals surface area contributed by atoms with Gasteiger partial charge in [-0.3, -0.25) is 0 Å². The van der Waals surface area contributed by atoms with Crippen LogP contribution in [0, 0.1) is 10.8 Å². The average Bonchev–Trinajstić information content (AvgIpc) is 2.26. The second-order valence-electron chi connectivity index (χ2n) is 7.47. The third-order valence-corrected chi connectivity index (χ3v) is 3.52. The van der Waals surface area contributed by atoms with Gasteiger partial charge in [0.05, 0.1) is 13.2 Å². The molecule has 2 atom stereocenters. The van der Waals surface area contributed by atoms with Gasteiger partial charge in [-0.15, -0.1) is 0 Å². The van der Waals surface area contributed by atoms with E-state index in [2.05, 4.69) is 41.5 Å². The highest BCUT2D eigenvalue weighted by atomic mass is 16.7. The fourth-order valence-corrected chi connectivity index (χ4v) is 1.45. The van der Waals surface area contributed by atoms with Crippen LogP contribution >= 0.6 is 0 Å². The van der Waals surface area contributed by atoms with Crippen molar-refractivity contribution >= 4 is 6.16 Å². The van der Waals surface area contributed by atoms with Crippen molar-refractivity contribution in [1.29, 1.82) is 0 Å². The molecule has 2 unspecified atom stereocenters. The molecule has 5 heteroatoms. The van der Waals surface area contributed by atoms with Crippen LogP contribution in [0.15, 0.2) is 0 Å². The zero-order valence-corrected chi connectivity index (χ0v) is 13.9. The molecular formula is C15H32N2O3. The van der Waals surface area contributed by atoms with E-state index in [1.165, 1.54) is 0 Å². The van der Waals surface area contributed by atoms with Crippen molar-refractivity contribution < 1.29 is 14.3 Å². The summed E-state index contributed by atoms with van der Waals surface area (Å²) in [4.78, 5) is 11.4. The molecule has 0 aliphatic rings. The van der Waals surface area contributed by atoms with Crippen molar-refractivity contribution in [3.8, 4) is 0 Å². The summed E-state index contributed by atoms with van der Waals surface area (Å²) in [6, 6.07) is -0.0192. The summed E-state index contributed by atoms with van der Waals surface area (Å²) in [5, 5.41) is 0. The first kappa shape index (κ1) is 19.2. The van der Waals surface area contributed by atoms with Crippen molar-refractivity contribution in [2.75, 3.05) is 13.2 Å². The highest BCUT2D eigenvalue weighted by Crippen LogP contribution is 2.20. The summed E-state index contributed by atoms with van der Waals surface area (Å²) >= 11 is 0. The Hall–Kier alpha value is -0.810. The van der Waals surface area contributed by atoms with E-state index in [9.17, 15) is 4.79 Å². The molecule has 20 heavy (non-hydrogen) atoms. The molecule has 0 radical (unpaired) electrons.